The Balaban J connectivity index is 1.64. The smallest absolute Gasteiger partial charge is 0.232 e. The van der Waals surface area contributed by atoms with Gasteiger partial charge in [-0.3, -0.25) is 0 Å². The van der Waals surface area contributed by atoms with Crippen molar-refractivity contribution < 1.29 is 0 Å². The summed E-state index contributed by atoms with van der Waals surface area (Å²) < 4.78 is 0. The van der Waals surface area contributed by atoms with E-state index in [0.29, 0.717) is 17.0 Å². The molecule has 28 heavy (non-hydrogen) atoms. The number of rotatable bonds is 3. The summed E-state index contributed by atoms with van der Waals surface area (Å²) in [5.41, 5.74) is 2.81. The van der Waals surface area contributed by atoms with E-state index >= 15 is 0 Å². The number of nitrogens with one attached hydrogen (secondary N) is 2. The highest BCUT2D eigenvalue weighted by Gasteiger charge is 2.22. The molecular formula is C21H28N6S. The van der Waals surface area contributed by atoms with Crippen LogP contribution in [0.5, 0.6) is 0 Å². The number of thiocarbonyl (C=S) groups is 1. The number of benzene rings is 1. The highest BCUT2D eigenvalue weighted by molar-refractivity contribution is 7.80. The first-order valence-electron chi connectivity index (χ1n) is 10.1. The molecule has 0 saturated carbocycles. The summed E-state index contributed by atoms with van der Waals surface area (Å²) in [4.78, 5) is 14.3. The van der Waals surface area contributed by atoms with E-state index in [-0.39, 0.29) is 0 Å². The van der Waals surface area contributed by atoms with E-state index in [4.69, 9.17) is 22.2 Å². The van der Waals surface area contributed by atoms with E-state index in [2.05, 4.69) is 57.7 Å². The Hall–Kier alpha value is -2.41. The van der Waals surface area contributed by atoms with Crippen molar-refractivity contribution in [3.05, 3.63) is 41.5 Å². The van der Waals surface area contributed by atoms with Crippen molar-refractivity contribution in [3.8, 4) is 0 Å². The molecule has 0 radical (unpaired) electrons. The lowest BCUT2D eigenvalue weighted by molar-refractivity contribution is 0.444. The number of hydrogen-bond donors (Lipinski definition) is 2. The highest BCUT2D eigenvalue weighted by atomic mass is 32.1. The van der Waals surface area contributed by atoms with Crippen molar-refractivity contribution in [2.75, 3.05) is 41.8 Å². The number of piperidine rings is 1. The zero-order valence-electron chi connectivity index (χ0n) is 16.6. The molecule has 6 nitrogen and oxygen atoms in total. The van der Waals surface area contributed by atoms with Crippen molar-refractivity contribution in [3.63, 3.8) is 0 Å². The molecule has 148 valence electrons. The fourth-order valence-electron chi connectivity index (χ4n) is 4.05. The predicted molar refractivity (Wildman–Crippen MR) is 119 cm³/mol. The van der Waals surface area contributed by atoms with Crippen LogP contribution in [0.15, 0.2) is 30.3 Å². The van der Waals surface area contributed by atoms with E-state index in [0.717, 1.165) is 44.2 Å². The Kier molecular flexibility index (Phi) is 5.62. The van der Waals surface area contributed by atoms with Crippen LogP contribution in [0.1, 0.15) is 30.9 Å². The van der Waals surface area contributed by atoms with Crippen molar-refractivity contribution >= 4 is 34.9 Å². The molecule has 3 heterocycles. The highest BCUT2D eigenvalue weighted by Crippen LogP contribution is 2.28. The third-order valence-electron chi connectivity index (χ3n) is 5.59. The Morgan fingerprint density at radius 2 is 1.86 bits per heavy atom. The lowest BCUT2D eigenvalue weighted by atomic mass is 10.00. The minimum atomic E-state index is 0.527. The van der Waals surface area contributed by atoms with Crippen LogP contribution in [0.25, 0.3) is 0 Å². The van der Waals surface area contributed by atoms with Crippen molar-refractivity contribution in [2.45, 2.75) is 32.7 Å². The second-order valence-electron chi connectivity index (χ2n) is 7.75. The lowest BCUT2D eigenvalue weighted by Crippen LogP contribution is -2.36. The summed E-state index contributed by atoms with van der Waals surface area (Å²) in [6, 6.07) is 10.8. The third kappa shape index (κ3) is 4.19. The number of nitrogens with zero attached hydrogens (tertiary/aromatic N) is 4. The minimum Gasteiger partial charge on any atom is -0.365 e. The molecule has 0 aliphatic carbocycles. The van der Waals surface area contributed by atoms with Gasteiger partial charge < -0.3 is 20.4 Å². The van der Waals surface area contributed by atoms with Gasteiger partial charge in [-0.1, -0.05) is 31.2 Å². The minimum absolute atomic E-state index is 0.527. The van der Waals surface area contributed by atoms with E-state index in [1.54, 1.807) is 7.05 Å². The molecular weight excluding hydrogens is 368 g/mol. The monoisotopic (exact) mass is 396 g/mol. The first kappa shape index (κ1) is 18.9. The van der Waals surface area contributed by atoms with Crippen LogP contribution in [0.3, 0.4) is 0 Å². The quantitative estimate of drug-likeness (QED) is 0.773. The number of anilines is 3. The first-order chi connectivity index (χ1) is 13.6. The lowest BCUT2D eigenvalue weighted by Gasteiger charge is -2.34. The largest absolute Gasteiger partial charge is 0.365 e. The maximum atomic E-state index is 5.28. The first-order valence-corrected chi connectivity index (χ1v) is 10.5. The van der Waals surface area contributed by atoms with Gasteiger partial charge in [0.2, 0.25) is 5.95 Å². The number of hydrogen-bond acceptors (Lipinski definition) is 5. The van der Waals surface area contributed by atoms with E-state index < -0.39 is 0 Å². The van der Waals surface area contributed by atoms with Gasteiger partial charge in [0.1, 0.15) is 11.6 Å². The van der Waals surface area contributed by atoms with Gasteiger partial charge in [0.15, 0.2) is 5.11 Å². The molecule has 1 aromatic heterocycles. The van der Waals surface area contributed by atoms with Crippen LogP contribution in [-0.4, -0.2) is 41.8 Å². The van der Waals surface area contributed by atoms with Crippen LogP contribution in [0.2, 0.25) is 0 Å². The van der Waals surface area contributed by atoms with Crippen LogP contribution >= 0.6 is 12.2 Å². The molecule has 2 aliphatic heterocycles. The molecule has 2 aromatic rings. The molecule has 2 aliphatic rings. The maximum absolute atomic E-state index is 5.28. The van der Waals surface area contributed by atoms with Crippen molar-refractivity contribution in [1.82, 2.24) is 15.3 Å². The van der Waals surface area contributed by atoms with Crippen LogP contribution in [0, 0.1) is 5.92 Å². The van der Waals surface area contributed by atoms with E-state index in [1.165, 1.54) is 24.0 Å². The van der Waals surface area contributed by atoms with Crippen LogP contribution in [-0.2, 0) is 13.0 Å². The predicted octanol–water partition coefficient (Wildman–Crippen LogP) is 3.19. The topological polar surface area (TPSA) is 56.3 Å². The third-order valence-corrected chi connectivity index (χ3v) is 5.89. The number of aromatic nitrogens is 2. The standard InChI is InChI=1S/C21H28N6S/c1-15-6-5-10-26(13-15)18-12-19(24-20(23-18)25-21(28)22-2)27-11-9-16-7-3-4-8-17(16)14-27/h3-4,7-8,12,15H,5-6,9-11,13-14H2,1-2H3,(H2,22,23,24,25,28)/t15-/m0/s1. The van der Waals surface area contributed by atoms with Crippen molar-refractivity contribution in [1.29, 1.82) is 0 Å². The molecule has 1 fully saturated rings. The van der Waals surface area contributed by atoms with Gasteiger partial charge in [-0.2, -0.15) is 9.97 Å². The average molecular weight is 397 g/mol. The van der Waals surface area contributed by atoms with Gasteiger partial charge in [0.25, 0.3) is 0 Å². The van der Waals surface area contributed by atoms with Gasteiger partial charge in [0.05, 0.1) is 0 Å². The van der Waals surface area contributed by atoms with Gasteiger partial charge in [-0.15, -0.1) is 0 Å². The molecule has 1 atom stereocenters. The Morgan fingerprint density at radius 1 is 1.11 bits per heavy atom. The summed E-state index contributed by atoms with van der Waals surface area (Å²) in [5.74, 6) is 3.18. The SMILES string of the molecule is CNC(=S)Nc1nc(N2CCc3ccccc3C2)cc(N2CCC[C@H](C)C2)n1. The normalized spacial score (nSPS) is 19.1. The van der Waals surface area contributed by atoms with Gasteiger partial charge >= 0.3 is 0 Å². The summed E-state index contributed by atoms with van der Waals surface area (Å²) in [6.07, 6.45) is 3.52. The zero-order chi connectivity index (χ0) is 19.5. The molecule has 1 saturated heterocycles. The van der Waals surface area contributed by atoms with Crippen LogP contribution in [0.4, 0.5) is 17.6 Å². The summed E-state index contributed by atoms with van der Waals surface area (Å²) in [6.45, 7) is 6.22. The van der Waals surface area contributed by atoms with Crippen LogP contribution < -0.4 is 20.4 Å². The molecule has 4 rings (SSSR count). The fraction of sp³-hybridized carbons (Fsp3) is 0.476. The van der Waals surface area contributed by atoms with Gasteiger partial charge in [-0.05, 0) is 48.5 Å². The van der Waals surface area contributed by atoms with Gasteiger partial charge in [0, 0.05) is 39.3 Å². The summed E-state index contributed by atoms with van der Waals surface area (Å²) in [5, 5.41) is 6.60. The second kappa shape index (κ2) is 8.31. The fourth-order valence-corrected chi connectivity index (χ4v) is 4.15. The molecule has 1 aromatic carbocycles. The zero-order valence-corrected chi connectivity index (χ0v) is 17.4. The molecule has 0 bridgehead atoms. The molecule has 0 amide bonds. The number of fused-ring (bicyclic) bond motifs is 1. The molecule has 2 N–H and O–H groups in total. The van der Waals surface area contributed by atoms with Crippen molar-refractivity contribution in [2.24, 2.45) is 5.92 Å². The average Bonchev–Trinajstić information content (AvgIpc) is 2.73. The molecule has 0 spiro atoms. The second-order valence-corrected chi connectivity index (χ2v) is 8.15. The summed E-state index contributed by atoms with van der Waals surface area (Å²) in [7, 11) is 1.80. The Morgan fingerprint density at radius 3 is 2.61 bits per heavy atom. The van der Waals surface area contributed by atoms with Gasteiger partial charge in [-0.25, -0.2) is 0 Å². The van der Waals surface area contributed by atoms with E-state index in [9.17, 15) is 0 Å². The Bertz CT molecular complexity index is 855. The summed E-state index contributed by atoms with van der Waals surface area (Å²) >= 11 is 5.28. The maximum Gasteiger partial charge on any atom is 0.232 e. The molecule has 0 unspecified atom stereocenters. The molecule has 7 heteroatoms. The van der Waals surface area contributed by atoms with E-state index in [1.807, 2.05) is 0 Å². The Labute approximate surface area is 172 Å².